The zero-order valence-corrected chi connectivity index (χ0v) is 10.5. The summed E-state index contributed by atoms with van der Waals surface area (Å²) in [5.41, 5.74) is 6.17. The Morgan fingerprint density at radius 1 is 1.38 bits per heavy atom. The van der Waals surface area contributed by atoms with E-state index in [-0.39, 0.29) is 0 Å². The Morgan fingerprint density at radius 3 is 2.88 bits per heavy atom. The fourth-order valence-corrected chi connectivity index (χ4v) is 2.57. The van der Waals surface area contributed by atoms with Crippen LogP contribution in [0.2, 0.25) is 0 Å². The van der Waals surface area contributed by atoms with Crippen molar-refractivity contribution in [1.29, 1.82) is 0 Å². The summed E-state index contributed by atoms with van der Waals surface area (Å²) in [4.78, 5) is 2.51. The molecule has 0 radical (unpaired) electrons. The zero-order valence-electron chi connectivity index (χ0n) is 10.5. The molecule has 0 spiro atoms. The van der Waals surface area contributed by atoms with E-state index in [0.717, 1.165) is 32.0 Å². The molecule has 1 saturated heterocycles. The van der Waals surface area contributed by atoms with E-state index in [1.807, 2.05) is 0 Å². The highest BCUT2D eigenvalue weighted by Gasteiger charge is 2.31. The van der Waals surface area contributed by atoms with Gasteiger partial charge in [-0.05, 0) is 44.6 Å². The van der Waals surface area contributed by atoms with Crippen LogP contribution in [-0.2, 0) is 4.74 Å². The molecule has 1 aliphatic heterocycles. The fraction of sp³-hybridized carbons (Fsp3) is 1.00. The molecule has 0 bridgehead atoms. The van der Waals surface area contributed by atoms with Gasteiger partial charge in [0.25, 0.3) is 0 Å². The molecule has 0 aromatic heterocycles. The third-order valence-electron chi connectivity index (χ3n) is 3.72. The summed E-state index contributed by atoms with van der Waals surface area (Å²) in [6.07, 6.45) is 6.79. The highest BCUT2D eigenvalue weighted by molar-refractivity contribution is 4.87. The summed E-state index contributed by atoms with van der Waals surface area (Å²) in [7, 11) is 0. The summed E-state index contributed by atoms with van der Waals surface area (Å²) < 4.78 is 5.84. The summed E-state index contributed by atoms with van der Waals surface area (Å²) in [5.74, 6) is 0.817. The molecular formula is C13H26N2O. The first-order chi connectivity index (χ1) is 7.79. The number of likely N-dealkylation sites (tertiary alicyclic amines) is 1. The Kier molecular flexibility index (Phi) is 4.62. The fourth-order valence-electron chi connectivity index (χ4n) is 2.57. The van der Waals surface area contributed by atoms with Crippen LogP contribution in [0.5, 0.6) is 0 Å². The van der Waals surface area contributed by atoms with Crippen LogP contribution in [0.4, 0.5) is 0 Å². The van der Waals surface area contributed by atoms with Gasteiger partial charge in [-0.25, -0.2) is 0 Å². The van der Waals surface area contributed by atoms with Gasteiger partial charge in [-0.15, -0.1) is 0 Å². The molecular weight excluding hydrogens is 200 g/mol. The molecule has 1 saturated carbocycles. The Morgan fingerprint density at radius 2 is 2.19 bits per heavy atom. The van der Waals surface area contributed by atoms with Gasteiger partial charge in [-0.1, -0.05) is 6.92 Å². The quantitative estimate of drug-likeness (QED) is 0.748. The van der Waals surface area contributed by atoms with Crippen molar-refractivity contribution in [3.05, 3.63) is 0 Å². The van der Waals surface area contributed by atoms with Gasteiger partial charge in [0.1, 0.15) is 0 Å². The lowest BCUT2D eigenvalue weighted by Crippen LogP contribution is -2.46. The Bertz CT molecular complexity index is 206. The highest BCUT2D eigenvalue weighted by Crippen LogP contribution is 2.32. The van der Waals surface area contributed by atoms with E-state index >= 15 is 0 Å². The van der Waals surface area contributed by atoms with Gasteiger partial charge in [-0.2, -0.15) is 0 Å². The van der Waals surface area contributed by atoms with Crippen LogP contribution in [0.25, 0.3) is 0 Å². The Labute approximate surface area is 99.3 Å². The lowest BCUT2D eigenvalue weighted by molar-refractivity contribution is -0.00179. The van der Waals surface area contributed by atoms with Crippen LogP contribution >= 0.6 is 0 Å². The molecule has 0 aromatic rings. The van der Waals surface area contributed by atoms with Gasteiger partial charge in [0.05, 0.1) is 6.10 Å². The van der Waals surface area contributed by atoms with Crippen LogP contribution in [-0.4, -0.2) is 43.3 Å². The molecule has 2 unspecified atom stereocenters. The number of hydrogen-bond donors (Lipinski definition) is 1. The van der Waals surface area contributed by atoms with Gasteiger partial charge >= 0.3 is 0 Å². The SMILES string of the molecule is CCCOC1CCCN(CC(N)C2CC2)C1. The average molecular weight is 226 g/mol. The van der Waals surface area contributed by atoms with Gasteiger partial charge in [0.2, 0.25) is 0 Å². The molecule has 2 atom stereocenters. The average Bonchev–Trinajstić information content (AvgIpc) is 3.10. The highest BCUT2D eigenvalue weighted by atomic mass is 16.5. The van der Waals surface area contributed by atoms with Crippen molar-refractivity contribution in [2.75, 3.05) is 26.2 Å². The minimum absolute atomic E-state index is 0.407. The van der Waals surface area contributed by atoms with E-state index in [2.05, 4.69) is 11.8 Å². The number of nitrogens with two attached hydrogens (primary N) is 1. The van der Waals surface area contributed by atoms with E-state index in [9.17, 15) is 0 Å². The van der Waals surface area contributed by atoms with Crippen LogP contribution in [0.15, 0.2) is 0 Å². The zero-order chi connectivity index (χ0) is 11.4. The Balaban J connectivity index is 1.68. The second-order valence-electron chi connectivity index (χ2n) is 5.40. The predicted molar refractivity (Wildman–Crippen MR) is 66.4 cm³/mol. The minimum Gasteiger partial charge on any atom is -0.377 e. The van der Waals surface area contributed by atoms with E-state index in [4.69, 9.17) is 10.5 Å². The largest absolute Gasteiger partial charge is 0.377 e. The van der Waals surface area contributed by atoms with Gasteiger partial charge in [0, 0.05) is 25.7 Å². The van der Waals surface area contributed by atoms with Crippen molar-refractivity contribution in [1.82, 2.24) is 4.90 Å². The molecule has 94 valence electrons. The smallest absolute Gasteiger partial charge is 0.0702 e. The number of rotatable bonds is 6. The first-order valence-electron chi connectivity index (χ1n) is 6.89. The summed E-state index contributed by atoms with van der Waals surface area (Å²) in [6.45, 7) is 6.47. The molecule has 1 heterocycles. The number of ether oxygens (including phenoxy) is 1. The van der Waals surface area contributed by atoms with Crippen LogP contribution < -0.4 is 5.73 Å². The van der Waals surface area contributed by atoms with Crippen molar-refractivity contribution in [3.63, 3.8) is 0 Å². The molecule has 3 nitrogen and oxygen atoms in total. The van der Waals surface area contributed by atoms with Crippen molar-refractivity contribution in [2.45, 2.75) is 51.2 Å². The standard InChI is InChI=1S/C13H26N2O/c1-2-8-16-12-4-3-7-15(9-12)10-13(14)11-5-6-11/h11-13H,2-10,14H2,1H3. The second-order valence-corrected chi connectivity index (χ2v) is 5.40. The van der Waals surface area contributed by atoms with E-state index < -0.39 is 0 Å². The monoisotopic (exact) mass is 226 g/mol. The third-order valence-corrected chi connectivity index (χ3v) is 3.72. The number of hydrogen-bond acceptors (Lipinski definition) is 3. The third kappa shape index (κ3) is 3.72. The maximum Gasteiger partial charge on any atom is 0.0702 e. The summed E-state index contributed by atoms with van der Waals surface area (Å²) in [5, 5.41) is 0. The van der Waals surface area contributed by atoms with Crippen LogP contribution in [0, 0.1) is 5.92 Å². The van der Waals surface area contributed by atoms with E-state index in [1.165, 1.54) is 32.2 Å². The maximum atomic E-state index is 6.17. The van der Waals surface area contributed by atoms with Gasteiger partial charge < -0.3 is 10.5 Å². The lowest BCUT2D eigenvalue weighted by atomic mass is 10.1. The first kappa shape index (κ1) is 12.3. The van der Waals surface area contributed by atoms with E-state index in [1.54, 1.807) is 0 Å². The molecule has 0 amide bonds. The van der Waals surface area contributed by atoms with E-state index in [0.29, 0.717) is 12.1 Å². The lowest BCUT2D eigenvalue weighted by Gasteiger charge is -2.34. The molecule has 1 aliphatic carbocycles. The number of piperidine rings is 1. The Hall–Kier alpha value is -0.120. The molecule has 2 aliphatic rings. The molecule has 0 aromatic carbocycles. The maximum absolute atomic E-state index is 6.17. The van der Waals surface area contributed by atoms with Gasteiger partial charge in [-0.3, -0.25) is 4.90 Å². The van der Waals surface area contributed by atoms with Crippen molar-refractivity contribution in [3.8, 4) is 0 Å². The molecule has 2 N–H and O–H groups in total. The molecule has 2 rings (SSSR count). The predicted octanol–water partition coefficient (Wildman–Crippen LogP) is 1.61. The number of nitrogens with zero attached hydrogens (tertiary/aromatic N) is 1. The van der Waals surface area contributed by atoms with Crippen LogP contribution in [0.1, 0.15) is 39.0 Å². The molecule has 2 fully saturated rings. The topological polar surface area (TPSA) is 38.5 Å². The minimum atomic E-state index is 0.407. The van der Waals surface area contributed by atoms with Gasteiger partial charge in [0.15, 0.2) is 0 Å². The second kappa shape index (κ2) is 5.99. The summed E-state index contributed by atoms with van der Waals surface area (Å²) in [6, 6.07) is 0.407. The normalized spacial score (nSPS) is 29.2. The van der Waals surface area contributed by atoms with Crippen LogP contribution in [0.3, 0.4) is 0 Å². The van der Waals surface area contributed by atoms with Crippen molar-refractivity contribution < 1.29 is 4.74 Å². The first-order valence-corrected chi connectivity index (χ1v) is 6.89. The van der Waals surface area contributed by atoms with Crippen molar-refractivity contribution >= 4 is 0 Å². The van der Waals surface area contributed by atoms with Crippen molar-refractivity contribution in [2.24, 2.45) is 11.7 Å². The summed E-state index contributed by atoms with van der Waals surface area (Å²) >= 11 is 0. The molecule has 16 heavy (non-hydrogen) atoms. The molecule has 3 heteroatoms.